The van der Waals surface area contributed by atoms with Gasteiger partial charge in [0.1, 0.15) is 12.2 Å². The lowest BCUT2D eigenvalue weighted by Gasteiger charge is -2.09. The van der Waals surface area contributed by atoms with Crippen LogP contribution in [0.25, 0.3) is 0 Å². The van der Waals surface area contributed by atoms with Gasteiger partial charge in [-0.15, -0.1) is 0 Å². The SMILES string of the molecule is COc1ccc(NC(=O)CC(=O)Nc2cccc(Cl)c2Cl)cc1Cl. The van der Waals surface area contributed by atoms with Crippen molar-refractivity contribution < 1.29 is 14.3 Å². The van der Waals surface area contributed by atoms with Gasteiger partial charge in [-0.25, -0.2) is 0 Å². The molecule has 0 radical (unpaired) electrons. The van der Waals surface area contributed by atoms with Crippen LogP contribution in [0.5, 0.6) is 5.75 Å². The molecule has 0 bridgehead atoms. The Morgan fingerprint density at radius 1 is 1.00 bits per heavy atom. The average Bonchev–Trinajstić information content (AvgIpc) is 2.52. The van der Waals surface area contributed by atoms with Crippen molar-refractivity contribution in [1.29, 1.82) is 0 Å². The summed E-state index contributed by atoms with van der Waals surface area (Å²) in [7, 11) is 1.49. The summed E-state index contributed by atoms with van der Waals surface area (Å²) in [6, 6.07) is 9.60. The van der Waals surface area contributed by atoms with Gasteiger partial charge in [-0.05, 0) is 30.3 Å². The van der Waals surface area contributed by atoms with Crippen LogP contribution < -0.4 is 15.4 Å². The first-order chi connectivity index (χ1) is 11.4. The highest BCUT2D eigenvalue weighted by molar-refractivity contribution is 6.44. The van der Waals surface area contributed by atoms with Gasteiger partial charge in [-0.3, -0.25) is 9.59 Å². The van der Waals surface area contributed by atoms with E-state index in [1.54, 1.807) is 30.3 Å². The van der Waals surface area contributed by atoms with E-state index >= 15 is 0 Å². The van der Waals surface area contributed by atoms with Crippen LogP contribution in [0.4, 0.5) is 11.4 Å². The molecule has 2 aromatic carbocycles. The minimum absolute atomic E-state index is 0.217. The molecule has 2 amide bonds. The summed E-state index contributed by atoms with van der Waals surface area (Å²) in [6.45, 7) is 0. The summed E-state index contributed by atoms with van der Waals surface area (Å²) in [4.78, 5) is 23.8. The Morgan fingerprint density at radius 3 is 2.38 bits per heavy atom. The molecule has 8 heteroatoms. The molecule has 0 fully saturated rings. The molecule has 0 spiro atoms. The van der Waals surface area contributed by atoms with Crippen LogP contribution in [0.3, 0.4) is 0 Å². The fourth-order valence-electron chi connectivity index (χ4n) is 1.89. The van der Waals surface area contributed by atoms with Crippen molar-refractivity contribution in [1.82, 2.24) is 0 Å². The number of carbonyl (C=O) groups excluding carboxylic acids is 2. The average molecular weight is 388 g/mol. The van der Waals surface area contributed by atoms with E-state index in [-0.39, 0.29) is 11.4 Å². The lowest BCUT2D eigenvalue weighted by molar-refractivity contribution is -0.123. The van der Waals surface area contributed by atoms with Gasteiger partial charge in [0.2, 0.25) is 11.8 Å². The maximum atomic E-state index is 11.9. The first-order valence-electron chi connectivity index (χ1n) is 6.78. The Labute approximate surface area is 153 Å². The predicted molar refractivity (Wildman–Crippen MR) is 96.3 cm³/mol. The molecular weight excluding hydrogens is 375 g/mol. The summed E-state index contributed by atoms with van der Waals surface area (Å²) in [5.74, 6) is -0.522. The van der Waals surface area contributed by atoms with Gasteiger partial charge >= 0.3 is 0 Å². The van der Waals surface area contributed by atoms with Gasteiger partial charge in [-0.2, -0.15) is 0 Å². The van der Waals surface area contributed by atoms with Gasteiger partial charge in [-0.1, -0.05) is 40.9 Å². The number of halogens is 3. The number of carbonyl (C=O) groups is 2. The lowest BCUT2D eigenvalue weighted by atomic mass is 10.2. The third kappa shape index (κ3) is 4.77. The van der Waals surface area contributed by atoms with Crippen molar-refractivity contribution in [2.24, 2.45) is 0 Å². The van der Waals surface area contributed by atoms with E-state index in [2.05, 4.69) is 10.6 Å². The first-order valence-corrected chi connectivity index (χ1v) is 7.91. The highest BCUT2D eigenvalue weighted by atomic mass is 35.5. The molecule has 0 aliphatic carbocycles. The topological polar surface area (TPSA) is 67.4 Å². The highest BCUT2D eigenvalue weighted by Gasteiger charge is 2.13. The number of anilines is 2. The van der Waals surface area contributed by atoms with Gasteiger partial charge in [0.05, 0.1) is 27.9 Å². The minimum Gasteiger partial charge on any atom is -0.495 e. The van der Waals surface area contributed by atoms with Crippen molar-refractivity contribution in [3.05, 3.63) is 51.5 Å². The molecule has 2 rings (SSSR count). The molecule has 0 aliphatic rings. The molecule has 0 unspecified atom stereocenters. The van der Waals surface area contributed by atoms with Crippen LogP contribution in [0.1, 0.15) is 6.42 Å². The summed E-state index contributed by atoms with van der Waals surface area (Å²) < 4.78 is 5.02. The Morgan fingerprint density at radius 2 is 1.71 bits per heavy atom. The van der Waals surface area contributed by atoms with E-state index in [0.29, 0.717) is 27.2 Å². The van der Waals surface area contributed by atoms with Crippen LogP contribution in [0, 0.1) is 0 Å². The monoisotopic (exact) mass is 386 g/mol. The molecule has 0 saturated heterocycles. The van der Waals surface area contributed by atoms with Crippen LogP contribution >= 0.6 is 34.8 Å². The van der Waals surface area contributed by atoms with Crippen molar-refractivity contribution in [2.75, 3.05) is 17.7 Å². The standard InChI is InChI=1S/C16H13Cl3N2O3/c1-24-13-6-5-9(7-11(13)18)20-14(22)8-15(23)21-12-4-2-3-10(17)16(12)19/h2-7H,8H2,1H3,(H,20,22)(H,21,23). The molecule has 126 valence electrons. The second-order valence-electron chi connectivity index (χ2n) is 4.72. The Hall–Kier alpha value is -1.95. The number of amides is 2. The zero-order chi connectivity index (χ0) is 17.7. The lowest BCUT2D eigenvalue weighted by Crippen LogP contribution is -2.21. The summed E-state index contributed by atoms with van der Waals surface area (Å²) in [6.07, 6.45) is -0.382. The molecule has 0 aromatic heterocycles. The van der Waals surface area contributed by atoms with Crippen molar-refractivity contribution >= 4 is 58.0 Å². The van der Waals surface area contributed by atoms with E-state index in [1.165, 1.54) is 13.2 Å². The van der Waals surface area contributed by atoms with Crippen molar-refractivity contribution in [3.63, 3.8) is 0 Å². The van der Waals surface area contributed by atoms with Crippen molar-refractivity contribution in [2.45, 2.75) is 6.42 Å². The van der Waals surface area contributed by atoms with Crippen molar-refractivity contribution in [3.8, 4) is 5.75 Å². The van der Waals surface area contributed by atoms with E-state index in [4.69, 9.17) is 39.5 Å². The molecular formula is C16H13Cl3N2O3. The van der Waals surface area contributed by atoms with E-state index in [0.717, 1.165) is 0 Å². The Balaban J connectivity index is 1.95. The van der Waals surface area contributed by atoms with Gasteiger partial charge in [0.25, 0.3) is 0 Å². The van der Waals surface area contributed by atoms with E-state index < -0.39 is 11.8 Å². The maximum Gasteiger partial charge on any atom is 0.233 e. The van der Waals surface area contributed by atoms with Crippen LogP contribution in [-0.2, 0) is 9.59 Å². The van der Waals surface area contributed by atoms with E-state index in [9.17, 15) is 9.59 Å². The number of rotatable bonds is 5. The van der Waals surface area contributed by atoms with Gasteiger partial charge in [0, 0.05) is 5.69 Å². The molecule has 5 nitrogen and oxygen atoms in total. The fourth-order valence-corrected chi connectivity index (χ4v) is 2.50. The number of benzene rings is 2. The number of hydrogen-bond donors (Lipinski definition) is 2. The molecule has 0 aliphatic heterocycles. The fraction of sp³-hybridized carbons (Fsp3) is 0.125. The Kier molecular flexibility index (Phi) is 6.31. The summed E-state index contributed by atoms with van der Waals surface area (Å²) in [5, 5.41) is 5.99. The molecule has 2 N–H and O–H groups in total. The van der Waals surface area contributed by atoms with Crippen LogP contribution in [0.15, 0.2) is 36.4 Å². The molecule has 0 saturated carbocycles. The minimum atomic E-state index is -0.517. The molecule has 0 heterocycles. The van der Waals surface area contributed by atoms with Crippen LogP contribution in [0.2, 0.25) is 15.1 Å². The predicted octanol–water partition coefficient (Wildman–Crippen LogP) is 4.62. The Bertz CT molecular complexity index is 781. The number of hydrogen-bond acceptors (Lipinski definition) is 3. The molecule has 0 atom stereocenters. The smallest absolute Gasteiger partial charge is 0.233 e. The van der Waals surface area contributed by atoms with Crippen LogP contribution in [-0.4, -0.2) is 18.9 Å². The maximum absolute atomic E-state index is 11.9. The van der Waals surface area contributed by atoms with Gasteiger partial charge < -0.3 is 15.4 Å². The summed E-state index contributed by atoms with van der Waals surface area (Å²) in [5.41, 5.74) is 0.800. The third-order valence-corrected chi connectivity index (χ3v) is 4.10. The quantitative estimate of drug-likeness (QED) is 0.735. The molecule has 24 heavy (non-hydrogen) atoms. The second-order valence-corrected chi connectivity index (χ2v) is 5.92. The highest BCUT2D eigenvalue weighted by Crippen LogP contribution is 2.30. The van der Waals surface area contributed by atoms with E-state index in [1.807, 2.05) is 0 Å². The normalized spacial score (nSPS) is 10.2. The van der Waals surface area contributed by atoms with Gasteiger partial charge in [0.15, 0.2) is 0 Å². The summed E-state index contributed by atoms with van der Waals surface area (Å²) >= 11 is 17.8. The zero-order valence-corrected chi connectivity index (χ0v) is 14.8. The third-order valence-electron chi connectivity index (χ3n) is 2.98. The molecule has 2 aromatic rings. The number of nitrogens with one attached hydrogen (secondary N) is 2. The number of methoxy groups -OCH3 is 1. The second kappa shape index (κ2) is 8.24. The number of ether oxygens (including phenoxy) is 1. The largest absolute Gasteiger partial charge is 0.495 e. The first kappa shape index (κ1) is 18.4. The zero-order valence-electron chi connectivity index (χ0n) is 12.5.